The maximum Gasteiger partial charge on any atom is 0.324 e. The summed E-state index contributed by atoms with van der Waals surface area (Å²) in [5.74, 6) is 0. The monoisotopic (exact) mass is 149 g/mol. The highest BCUT2D eigenvalue weighted by molar-refractivity contribution is 5.45. The van der Waals surface area contributed by atoms with E-state index < -0.39 is 0 Å². The van der Waals surface area contributed by atoms with Gasteiger partial charge in [0.15, 0.2) is 0 Å². The molecule has 0 aliphatic rings. The van der Waals surface area contributed by atoms with Crippen molar-refractivity contribution in [3.8, 4) is 0 Å². The van der Waals surface area contributed by atoms with Crippen molar-refractivity contribution in [2.45, 2.75) is 6.54 Å². The topological polar surface area (TPSA) is 41.1 Å². The second-order valence-electron chi connectivity index (χ2n) is 2.07. The Labute approximate surface area is 65.4 Å². The van der Waals surface area contributed by atoms with Crippen molar-refractivity contribution < 1.29 is 4.79 Å². The van der Waals surface area contributed by atoms with Gasteiger partial charge < -0.3 is 0 Å². The highest BCUT2D eigenvalue weighted by Crippen LogP contribution is 1.95. The first-order valence-corrected chi connectivity index (χ1v) is 3.32. The van der Waals surface area contributed by atoms with Crippen LogP contribution in [0.3, 0.4) is 0 Å². The summed E-state index contributed by atoms with van der Waals surface area (Å²) >= 11 is 0. The molecule has 57 valence electrons. The fourth-order valence-corrected chi connectivity index (χ4v) is 0.778. The number of amides is 1. The predicted molar refractivity (Wildman–Crippen MR) is 42.1 cm³/mol. The zero-order valence-corrected chi connectivity index (χ0v) is 6.00. The number of hydrogen-bond donors (Lipinski definition) is 2. The molecule has 0 saturated carbocycles. The van der Waals surface area contributed by atoms with Gasteiger partial charge >= 0.3 is 6.41 Å². The van der Waals surface area contributed by atoms with Crippen molar-refractivity contribution in [1.29, 1.82) is 0 Å². The van der Waals surface area contributed by atoms with Crippen LogP contribution in [0.4, 0.5) is 0 Å². The summed E-state index contributed by atoms with van der Waals surface area (Å²) < 4.78 is 0. The van der Waals surface area contributed by atoms with Crippen molar-refractivity contribution in [3.05, 3.63) is 35.9 Å². The Morgan fingerprint density at radius 2 is 2.00 bits per heavy atom. The predicted octanol–water partition coefficient (Wildman–Crippen LogP) is 0.348. The third kappa shape index (κ3) is 2.82. The van der Waals surface area contributed by atoms with E-state index in [1.54, 1.807) is 0 Å². The maximum atomic E-state index is 9.70. The average Bonchev–Trinajstić information content (AvgIpc) is 2.07. The molecule has 1 aromatic rings. The molecule has 3 heteroatoms. The van der Waals surface area contributed by atoms with Crippen LogP contribution >= 0.6 is 0 Å². The molecule has 11 heavy (non-hydrogen) atoms. The van der Waals surface area contributed by atoms with Gasteiger partial charge in [-0.3, -0.25) is 10.2 Å². The largest absolute Gasteiger partial charge is 0.324 e. The van der Waals surface area contributed by atoms with Crippen molar-refractivity contribution in [2.24, 2.45) is 0 Å². The third-order valence-electron chi connectivity index (χ3n) is 1.27. The number of hydrogen-bond acceptors (Lipinski definition) is 2. The zero-order chi connectivity index (χ0) is 7.94. The molecule has 1 amide bonds. The first-order valence-electron chi connectivity index (χ1n) is 3.32. The summed E-state index contributed by atoms with van der Waals surface area (Å²) in [7, 11) is 0. The molecule has 1 rings (SSSR count). The summed E-state index contributed by atoms with van der Waals surface area (Å²) in [6.45, 7) is 0.621. The van der Waals surface area contributed by atoms with Gasteiger partial charge in [0, 0.05) is 6.54 Å². The van der Waals surface area contributed by atoms with Gasteiger partial charge in [-0.15, -0.1) is 0 Å². The van der Waals surface area contributed by atoms with E-state index in [1.165, 1.54) is 6.41 Å². The lowest BCUT2D eigenvalue weighted by Crippen LogP contribution is -2.29. The first kappa shape index (κ1) is 7.75. The lowest BCUT2D eigenvalue weighted by Gasteiger charge is -2.00. The quantitative estimate of drug-likeness (QED) is 0.368. The molecule has 0 aliphatic carbocycles. The molecule has 0 unspecified atom stereocenters. The van der Waals surface area contributed by atoms with E-state index in [4.69, 9.17) is 0 Å². The molecule has 1 aromatic carbocycles. The van der Waals surface area contributed by atoms with Crippen LogP contribution in [0.2, 0.25) is 0 Å². The van der Waals surface area contributed by atoms with Crippen LogP contribution in [0.5, 0.6) is 0 Å². The molecule has 0 fully saturated rings. The van der Waals surface area contributed by atoms with Crippen LogP contribution in [0.1, 0.15) is 5.56 Å². The Morgan fingerprint density at radius 3 is 2.64 bits per heavy atom. The summed E-state index contributed by atoms with van der Waals surface area (Å²) in [5.41, 5.74) is 6.04. The normalized spacial score (nSPS) is 9.09. The number of benzene rings is 1. The average molecular weight is 149 g/mol. The number of nitrogens with one attached hydrogen (secondary N) is 2. The molecule has 3 nitrogen and oxygen atoms in total. The lowest BCUT2D eigenvalue weighted by atomic mass is 10.2. The van der Waals surface area contributed by atoms with Crippen molar-refractivity contribution >= 4 is 6.41 Å². The number of carbonyl (C=O) groups excluding carboxylic acids is 1. The lowest BCUT2D eigenvalue weighted by molar-refractivity contribution is 0.520. The summed E-state index contributed by atoms with van der Waals surface area (Å²) in [6, 6.07) is 9.78. The van der Waals surface area contributed by atoms with Gasteiger partial charge in [0.05, 0.1) is 0 Å². The van der Waals surface area contributed by atoms with E-state index in [0.717, 1.165) is 5.56 Å². The van der Waals surface area contributed by atoms with Crippen molar-refractivity contribution in [3.63, 3.8) is 0 Å². The fourth-order valence-electron chi connectivity index (χ4n) is 0.778. The Bertz CT molecular complexity index is 211. The van der Waals surface area contributed by atoms with E-state index in [0.29, 0.717) is 6.54 Å². The van der Waals surface area contributed by atoms with E-state index in [1.807, 2.05) is 30.3 Å². The SMILES string of the molecule is O=[C]NNCc1ccccc1. The van der Waals surface area contributed by atoms with Gasteiger partial charge in [0.1, 0.15) is 0 Å². The van der Waals surface area contributed by atoms with E-state index in [9.17, 15) is 4.79 Å². The van der Waals surface area contributed by atoms with E-state index in [2.05, 4.69) is 10.9 Å². The molecule has 0 bridgehead atoms. The van der Waals surface area contributed by atoms with Gasteiger partial charge in [-0.2, -0.15) is 0 Å². The minimum Gasteiger partial charge on any atom is -0.283 e. The first-order chi connectivity index (χ1) is 5.43. The summed E-state index contributed by atoms with van der Waals surface area (Å²) in [5, 5.41) is 0. The van der Waals surface area contributed by atoms with Crippen LogP contribution < -0.4 is 10.9 Å². The molecule has 0 saturated heterocycles. The molecule has 0 heterocycles. The van der Waals surface area contributed by atoms with Gasteiger partial charge in [-0.05, 0) is 5.56 Å². The van der Waals surface area contributed by atoms with Gasteiger partial charge in [0.2, 0.25) is 0 Å². The van der Waals surface area contributed by atoms with Crippen LogP contribution in [0.15, 0.2) is 30.3 Å². The summed E-state index contributed by atoms with van der Waals surface area (Å²) in [4.78, 5) is 9.70. The van der Waals surface area contributed by atoms with Crippen LogP contribution in [0, 0.1) is 0 Å². The minimum atomic E-state index is 0.621. The smallest absolute Gasteiger partial charge is 0.283 e. The third-order valence-corrected chi connectivity index (χ3v) is 1.27. The van der Waals surface area contributed by atoms with Gasteiger partial charge in [-0.1, -0.05) is 30.3 Å². The highest BCUT2D eigenvalue weighted by Gasteiger charge is 1.87. The molecule has 0 aromatic heterocycles. The molecule has 0 aliphatic heterocycles. The number of hydrazine groups is 1. The van der Waals surface area contributed by atoms with Crippen LogP contribution in [-0.2, 0) is 11.3 Å². The summed E-state index contributed by atoms with van der Waals surface area (Å²) in [6.07, 6.45) is 1.53. The van der Waals surface area contributed by atoms with Gasteiger partial charge in [0.25, 0.3) is 0 Å². The second kappa shape index (κ2) is 4.46. The molecule has 1 radical (unpaired) electrons. The molecule has 0 spiro atoms. The Morgan fingerprint density at radius 1 is 1.27 bits per heavy atom. The molecule has 0 atom stereocenters. The fraction of sp³-hybridized carbons (Fsp3) is 0.125. The standard InChI is InChI=1S/C8H9N2O/c11-7-10-9-6-8-4-2-1-3-5-8/h1-5,9H,6H2,(H,10,11). The Balaban J connectivity index is 2.33. The van der Waals surface area contributed by atoms with Crippen molar-refractivity contribution in [1.82, 2.24) is 10.9 Å². The van der Waals surface area contributed by atoms with Crippen LogP contribution in [0.25, 0.3) is 0 Å². The maximum absolute atomic E-state index is 9.70. The Kier molecular flexibility index (Phi) is 3.15. The zero-order valence-electron chi connectivity index (χ0n) is 6.00. The van der Waals surface area contributed by atoms with Gasteiger partial charge in [-0.25, -0.2) is 5.43 Å². The molecule has 2 N–H and O–H groups in total. The van der Waals surface area contributed by atoms with E-state index in [-0.39, 0.29) is 0 Å². The van der Waals surface area contributed by atoms with Crippen LogP contribution in [-0.4, -0.2) is 6.41 Å². The Hall–Kier alpha value is -1.35. The minimum absolute atomic E-state index is 0.621. The second-order valence-corrected chi connectivity index (χ2v) is 2.07. The number of rotatable bonds is 4. The molecular formula is C8H9N2O. The molecular weight excluding hydrogens is 140 g/mol. The van der Waals surface area contributed by atoms with E-state index >= 15 is 0 Å². The highest BCUT2D eigenvalue weighted by atomic mass is 16.1. The van der Waals surface area contributed by atoms with Crippen molar-refractivity contribution in [2.75, 3.05) is 0 Å².